The number of nitrogens with zero attached hydrogens (tertiary/aromatic N) is 1. The lowest BCUT2D eigenvalue weighted by Crippen LogP contribution is -2.45. The quantitative estimate of drug-likeness (QED) is 0.749. The molecule has 1 aromatic rings. The minimum Gasteiger partial charge on any atom is -0.467 e. The number of hydrogen-bond donors (Lipinski definition) is 3. The maximum Gasteiger partial charge on any atom is 0.250 e. The first-order chi connectivity index (χ1) is 10.6. The van der Waals surface area contributed by atoms with E-state index in [1.54, 1.807) is 17.2 Å². The largest absolute Gasteiger partial charge is 0.467 e. The van der Waals surface area contributed by atoms with Crippen molar-refractivity contribution in [1.82, 2.24) is 4.90 Å². The van der Waals surface area contributed by atoms with Gasteiger partial charge in [-0.3, -0.25) is 4.79 Å². The molecule has 0 radical (unpaired) electrons. The molecule has 0 saturated carbocycles. The molecular weight excluding hydrogens is 286 g/mol. The molecule has 4 atom stereocenters. The Hall–Kier alpha value is -1.63. The molecule has 0 aromatic carbocycles. The van der Waals surface area contributed by atoms with Gasteiger partial charge in [0.05, 0.1) is 18.4 Å². The number of amides is 1. The molecule has 1 fully saturated rings. The molecule has 1 amide bonds. The zero-order valence-electron chi connectivity index (χ0n) is 12.3. The van der Waals surface area contributed by atoms with Crippen molar-refractivity contribution < 1.29 is 24.5 Å². The standard InChI is InChI=1S/C16H21NO5/c18-12-8-10(9-13(19)15(12)20)16(21)17-6-2-1-4-11(17)14-5-3-7-22-14/h3,5,7-8,11-13,15,18-20H,1-2,4,6,9H2/t11?,12-,13-,15-/m1/s1. The van der Waals surface area contributed by atoms with Gasteiger partial charge in [-0.05, 0) is 37.5 Å². The summed E-state index contributed by atoms with van der Waals surface area (Å²) in [4.78, 5) is 14.5. The Bertz CT molecular complexity index is 553. The summed E-state index contributed by atoms with van der Waals surface area (Å²) in [5.41, 5.74) is 0.351. The fraction of sp³-hybridized carbons (Fsp3) is 0.562. The lowest BCUT2D eigenvalue weighted by atomic mass is 9.90. The van der Waals surface area contributed by atoms with Crippen LogP contribution in [-0.2, 0) is 4.79 Å². The van der Waals surface area contributed by atoms with E-state index in [-0.39, 0.29) is 18.4 Å². The van der Waals surface area contributed by atoms with Gasteiger partial charge >= 0.3 is 0 Å². The van der Waals surface area contributed by atoms with Gasteiger partial charge in [0, 0.05) is 18.5 Å². The number of aliphatic hydroxyl groups excluding tert-OH is 3. The minimum absolute atomic E-state index is 0.0540. The second-order valence-electron chi connectivity index (χ2n) is 5.97. The summed E-state index contributed by atoms with van der Waals surface area (Å²) in [6.45, 7) is 0.621. The van der Waals surface area contributed by atoms with Crippen molar-refractivity contribution in [3.05, 3.63) is 35.8 Å². The van der Waals surface area contributed by atoms with E-state index < -0.39 is 18.3 Å². The highest BCUT2D eigenvalue weighted by Gasteiger charge is 2.36. The molecule has 1 aliphatic heterocycles. The van der Waals surface area contributed by atoms with E-state index in [0.717, 1.165) is 25.0 Å². The average Bonchev–Trinajstić information content (AvgIpc) is 3.05. The molecule has 1 saturated heterocycles. The topological polar surface area (TPSA) is 94.1 Å². The molecule has 120 valence electrons. The highest BCUT2D eigenvalue weighted by Crippen LogP contribution is 2.33. The Morgan fingerprint density at radius 2 is 2.09 bits per heavy atom. The summed E-state index contributed by atoms with van der Waals surface area (Å²) in [6, 6.07) is 3.55. The predicted molar refractivity (Wildman–Crippen MR) is 77.7 cm³/mol. The number of hydrogen-bond acceptors (Lipinski definition) is 5. The van der Waals surface area contributed by atoms with Crippen LogP contribution in [0.3, 0.4) is 0 Å². The third-order valence-corrected chi connectivity index (χ3v) is 4.46. The SMILES string of the molecule is O=C(C1=C[C@@H](O)[C@@H](O)[C@H](O)C1)N1CCCCC1c1ccco1. The van der Waals surface area contributed by atoms with Crippen LogP contribution >= 0.6 is 0 Å². The second-order valence-corrected chi connectivity index (χ2v) is 5.97. The number of furan rings is 1. The highest BCUT2D eigenvalue weighted by molar-refractivity contribution is 5.94. The van der Waals surface area contributed by atoms with Gasteiger partial charge in [0.2, 0.25) is 5.91 Å². The van der Waals surface area contributed by atoms with Crippen LogP contribution in [0.4, 0.5) is 0 Å². The Labute approximate surface area is 128 Å². The van der Waals surface area contributed by atoms with E-state index in [0.29, 0.717) is 12.1 Å². The van der Waals surface area contributed by atoms with Crippen LogP contribution in [0.2, 0.25) is 0 Å². The lowest BCUT2D eigenvalue weighted by Gasteiger charge is -2.37. The van der Waals surface area contributed by atoms with Crippen molar-refractivity contribution in [2.24, 2.45) is 0 Å². The fourth-order valence-corrected chi connectivity index (χ4v) is 3.24. The molecule has 1 aromatic heterocycles. The van der Waals surface area contributed by atoms with Crippen LogP contribution in [0.1, 0.15) is 37.5 Å². The van der Waals surface area contributed by atoms with Crippen molar-refractivity contribution in [2.75, 3.05) is 6.54 Å². The van der Waals surface area contributed by atoms with Gasteiger partial charge in [0.15, 0.2) is 0 Å². The first kappa shape index (κ1) is 15.3. The molecule has 6 heteroatoms. The van der Waals surface area contributed by atoms with Crippen molar-refractivity contribution in [1.29, 1.82) is 0 Å². The molecular formula is C16H21NO5. The van der Waals surface area contributed by atoms with E-state index in [9.17, 15) is 20.1 Å². The summed E-state index contributed by atoms with van der Waals surface area (Å²) in [7, 11) is 0. The molecule has 0 spiro atoms. The predicted octanol–water partition coefficient (Wildman–Crippen LogP) is 0.746. The summed E-state index contributed by atoms with van der Waals surface area (Å²) in [5, 5.41) is 29.1. The molecule has 22 heavy (non-hydrogen) atoms. The maximum atomic E-state index is 12.8. The van der Waals surface area contributed by atoms with Crippen LogP contribution in [0.15, 0.2) is 34.5 Å². The molecule has 0 bridgehead atoms. The van der Waals surface area contributed by atoms with Crippen LogP contribution in [0, 0.1) is 0 Å². The van der Waals surface area contributed by atoms with Crippen molar-refractivity contribution in [2.45, 2.75) is 50.0 Å². The molecule has 3 rings (SSSR count). The summed E-state index contributed by atoms with van der Waals surface area (Å²) < 4.78 is 5.45. The van der Waals surface area contributed by atoms with Crippen molar-refractivity contribution in [3.63, 3.8) is 0 Å². The molecule has 2 aliphatic rings. The molecule has 1 unspecified atom stereocenters. The Kier molecular flexibility index (Phi) is 4.33. The number of carbonyl (C=O) groups excluding carboxylic acids is 1. The zero-order chi connectivity index (χ0) is 15.7. The minimum atomic E-state index is -1.24. The van der Waals surface area contributed by atoms with Crippen LogP contribution < -0.4 is 0 Å². The van der Waals surface area contributed by atoms with Gasteiger partial charge in [-0.25, -0.2) is 0 Å². The van der Waals surface area contributed by atoms with Gasteiger partial charge in [0.1, 0.15) is 18.0 Å². The Morgan fingerprint density at radius 1 is 1.27 bits per heavy atom. The Morgan fingerprint density at radius 3 is 2.77 bits per heavy atom. The Balaban J connectivity index is 1.82. The molecule has 6 nitrogen and oxygen atoms in total. The first-order valence-corrected chi connectivity index (χ1v) is 7.67. The fourth-order valence-electron chi connectivity index (χ4n) is 3.24. The monoisotopic (exact) mass is 307 g/mol. The number of piperidine rings is 1. The van der Waals surface area contributed by atoms with Crippen molar-refractivity contribution >= 4 is 5.91 Å². The summed E-state index contributed by atoms with van der Waals surface area (Å²) >= 11 is 0. The molecule has 2 heterocycles. The van der Waals surface area contributed by atoms with E-state index in [1.807, 2.05) is 6.07 Å². The second kappa shape index (κ2) is 6.24. The van der Waals surface area contributed by atoms with E-state index in [1.165, 1.54) is 6.08 Å². The smallest absolute Gasteiger partial charge is 0.250 e. The first-order valence-electron chi connectivity index (χ1n) is 7.67. The van der Waals surface area contributed by atoms with Crippen LogP contribution in [0.25, 0.3) is 0 Å². The van der Waals surface area contributed by atoms with Crippen LogP contribution in [0.5, 0.6) is 0 Å². The van der Waals surface area contributed by atoms with E-state index in [4.69, 9.17) is 4.42 Å². The van der Waals surface area contributed by atoms with Gasteiger partial charge < -0.3 is 24.6 Å². The number of aliphatic hydroxyl groups is 3. The summed E-state index contributed by atoms with van der Waals surface area (Å²) in [6.07, 6.45) is 2.21. The molecule has 1 aliphatic carbocycles. The van der Waals surface area contributed by atoms with Gasteiger partial charge in [-0.15, -0.1) is 0 Å². The van der Waals surface area contributed by atoms with Gasteiger partial charge in [-0.1, -0.05) is 0 Å². The third-order valence-electron chi connectivity index (χ3n) is 4.46. The van der Waals surface area contributed by atoms with Crippen LogP contribution in [-0.4, -0.2) is 51.0 Å². The number of likely N-dealkylation sites (tertiary alicyclic amines) is 1. The van der Waals surface area contributed by atoms with Gasteiger partial charge in [0.25, 0.3) is 0 Å². The number of rotatable bonds is 2. The highest BCUT2D eigenvalue weighted by atomic mass is 16.4. The molecule has 3 N–H and O–H groups in total. The van der Waals surface area contributed by atoms with E-state index >= 15 is 0 Å². The van der Waals surface area contributed by atoms with Crippen molar-refractivity contribution in [3.8, 4) is 0 Å². The average molecular weight is 307 g/mol. The third kappa shape index (κ3) is 2.82. The summed E-state index contributed by atoms with van der Waals surface area (Å²) in [5.74, 6) is 0.552. The van der Waals surface area contributed by atoms with E-state index in [2.05, 4.69) is 0 Å². The maximum absolute atomic E-state index is 12.8. The number of carbonyl (C=O) groups is 1. The van der Waals surface area contributed by atoms with Gasteiger partial charge in [-0.2, -0.15) is 0 Å². The lowest BCUT2D eigenvalue weighted by molar-refractivity contribution is -0.132. The zero-order valence-corrected chi connectivity index (χ0v) is 12.3. The normalized spacial score (nSPS) is 32.7.